The SMILES string of the molecule is Nc1nc(/C(=N/OC(C(=O)O)c2ccco2)C(=O)N[C@@H]2C(=O)N3C(C(=O)O)=C(C[n+]4cccc5ccccc54)CS[C@@H]23)cs1. The molecule has 1 fully saturated rings. The van der Waals surface area contributed by atoms with Gasteiger partial charge in [-0.2, -0.15) is 4.57 Å². The van der Waals surface area contributed by atoms with Crippen LogP contribution in [0.4, 0.5) is 5.13 Å². The van der Waals surface area contributed by atoms with Crippen LogP contribution < -0.4 is 15.6 Å². The Bertz CT molecular complexity index is 1850. The van der Waals surface area contributed by atoms with Crippen molar-refractivity contribution in [3.8, 4) is 0 Å². The summed E-state index contributed by atoms with van der Waals surface area (Å²) in [5.74, 6) is -3.95. The summed E-state index contributed by atoms with van der Waals surface area (Å²) in [5, 5.41) is 27.9. The molecule has 1 aromatic carbocycles. The van der Waals surface area contributed by atoms with Gasteiger partial charge in [0.05, 0.1) is 6.26 Å². The Morgan fingerprint density at radius 3 is 2.70 bits per heavy atom. The summed E-state index contributed by atoms with van der Waals surface area (Å²) < 4.78 is 7.03. The lowest BCUT2D eigenvalue weighted by atomic mass is 10.0. The van der Waals surface area contributed by atoms with Gasteiger partial charge >= 0.3 is 11.9 Å². The van der Waals surface area contributed by atoms with Gasteiger partial charge < -0.3 is 30.5 Å². The van der Waals surface area contributed by atoms with Crippen LogP contribution in [-0.4, -0.2) is 66.7 Å². The fraction of sp³-hybridized carbons (Fsp3) is 0.179. The second-order valence-electron chi connectivity index (χ2n) is 9.66. The lowest BCUT2D eigenvalue weighted by molar-refractivity contribution is -0.663. The van der Waals surface area contributed by atoms with E-state index in [1.165, 1.54) is 40.4 Å². The molecule has 5 heterocycles. The number of pyridine rings is 1. The largest absolute Gasteiger partial charge is 0.478 e. The molecule has 0 saturated carbocycles. The van der Waals surface area contributed by atoms with E-state index in [9.17, 15) is 29.4 Å². The highest BCUT2D eigenvalue weighted by Gasteiger charge is 2.55. The first-order valence-corrected chi connectivity index (χ1v) is 14.9. The highest BCUT2D eigenvalue weighted by molar-refractivity contribution is 8.00. The van der Waals surface area contributed by atoms with Gasteiger partial charge in [-0.25, -0.2) is 14.6 Å². The summed E-state index contributed by atoms with van der Waals surface area (Å²) in [6, 6.07) is 13.3. The first-order valence-electron chi connectivity index (χ1n) is 13.0. The topological polar surface area (TPSA) is 202 Å². The second kappa shape index (κ2) is 11.8. The molecule has 224 valence electrons. The Kier molecular flexibility index (Phi) is 7.75. The van der Waals surface area contributed by atoms with Crippen molar-refractivity contribution in [1.82, 2.24) is 15.2 Å². The monoisotopic (exact) mass is 635 g/mol. The Morgan fingerprint density at radius 2 is 2.00 bits per heavy atom. The molecule has 2 aliphatic heterocycles. The van der Waals surface area contributed by atoms with Crippen molar-refractivity contribution < 1.29 is 43.2 Å². The summed E-state index contributed by atoms with van der Waals surface area (Å²) in [7, 11) is 0. The molecule has 16 heteroatoms. The molecule has 6 rings (SSSR count). The minimum absolute atomic E-state index is 0.00553. The number of carbonyl (C=O) groups is 4. The van der Waals surface area contributed by atoms with Gasteiger partial charge in [0.15, 0.2) is 29.3 Å². The number of benzene rings is 1. The first-order chi connectivity index (χ1) is 21.2. The van der Waals surface area contributed by atoms with Crippen molar-refractivity contribution in [3.05, 3.63) is 89.1 Å². The van der Waals surface area contributed by atoms with Crippen LogP contribution >= 0.6 is 23.1 Å². The number of oxime groups is 1. The third kappa shape index (κ3) is 5.35. The number of hydrogen-bond donors (Lipinski definition) is 4. The number of thiazole rings is 1. The molecule has 1 saturated heterocycles. The number of anilines is 1. The Hall–Kier alpha value is -5.22. The van der Waals surface area contributed by atoms with E-state index >= 15 is 0 Å². The lowest BCUT2D eigenvalue weighted by Gasteiger charge is -2.49. The Balaban J connectivity index is 1.24. The van der Waals surface area contributed by atoms with Gasteiger partial charge in [-0.1, -0.05) is 17.3 Å². The number of nitrogens with two attached hydrogens (primary N) is 1. The maximum atomic E-state index is 13.4. The number of carbonyl (C=O) groups excluding carboxylic acids is 2. The smallest absolute Gasteiger partial charge is 0.355 e. The zero-order valence-corrected chi connectivity index (χ0v) is 24.2. The van der Waals surface area contributed by atoms with Crippen molar-refractivity contribution in [2.45, 2.75) is 24.1 Å². The molecule has 44 heavy (non-hydrogen) atoms. The van der Waals surface area contributed by atoms with E-state index in [1.54, 1.807) is 0 Å². The van der Waals surface area contributed by atoms with Crippen molar-refractivity contribution in [2.24, 2.45) is 5.16 Å². The molecule has 3 atom stereocenters. The van der Waals surface area contributed by atoms with E-state index in [0.29, 0.717) is 11.3 Å². The zero-order valence-electron chi connectivity index (χ0n) is 22.5. The number of nitrogens with one attached hydrogen (secondary N) is 1. The third-order valence-corrected chi connectivity index (χ3v) is 8.95. The van der Waals surface area contributed by atoms with Gasteiger partial charge in [-0.05, 0) is 24.3 Å². The van der Waals surface area contributed by atoms with Crippen LogP contribution in [0, 0.1) is 0 Å². The van der Waals surface area contributed by atoms with Crippen LogP contribution in [0.1, 0.15) is 17.6 Å². The standard InChI is InChI=1S/C28H22N6O8S2/c29-28-30-16(13-44-28)19(32-42-22(27(39)40)18-8-4-10-41-18)23(35)31-20-24(36)34-21(26(37)38)15(12-43-25(20)34)11-33-9-3-6-14-5-1-2-7-17(14)33/h1-10,13,20,22,25H,11-12H2,(H4-,29,30,31,35,37,38,39,40)/p+1/b32-19-/t20-,22?,25+/m1/s1. The van der Waals surface area contributed by atoms with E-state index in [4.69, 9.17) is 15.0 Å². The molecule has 2 aliphatic rings. The molecule has 2 amide bonds. The minimum atomic E-state index is -1.67. The number of rotatable bonds is 10. The number of furan rings is 1. The summed E-state index contributed by atoms with van der Waals surface area (Å²) >= 11 is 2.33. The highest BCUT2D eigenvalue weighted by Crippen LogP contribution is 2.40. The van der Waals surface area contributed by atoms with Crippen LogP contribution in [0.5, 0.6) is 0 Å². The number of carboxylic acid groups (broad SMARTS) is 2. The quantitative estimate of drug-likeness (QED) is 0.0856. The lowest BCUT2D eigenvalue weighted by Crippen LogP contribution is -2.71. The van der Waals surface area contributed by atoms with Crippen LogP contribution in [-0.2, 0) is 30.6 Å². The average molecular weight is 636 g/mol. The molecule has 4 aromatic rings. The molecule has 5 N–H and O–H groups in total. The van der Waals surface area contributed by atoms with Crippen LogP contribution in [0.15, 0.2) is 87.2 Å². The normalized spacial score (nSPS) is 18.9. The van der Waals surface area contributed by atoms with E-state index in [2.05, 4.69) is 15.5 Å². The summed E-state index contributed by atoms with van der Waals surface area (Å²) in [6.07, 6.45) is 1.44. The molecule has 1 unspecified atom stereocenters. The van der Waals surface area contributed by atoms with Crippen LogP contribution in [0.3, 0.4) is 0 Å². The van der Waals surface area contributed by atoms with Crippen molar-refractivity contribution in [3.63, 3.8) is 0 Å². The van der Waals surface area contributed by atoms with E-state index in [-0.39, 0.29) is 28.8 Å². The fourth-order valence-electron chi connectivity index (χ4n) is 4.94. The third-order valence-electron chi connectivity index (χ3n) is 6.94. The second-order valence-corrected chi connectivity index (χ2v) is 11.7. The number of amides is 2. The molecule has 3 aromatic heterocycles. The molecule has 14 nitrogen and oxygen atoms in total. The predicted octanol–water partition coefficient (Wildman–Crippen LogP) is 1.74. The first kappa shape index (κ1) is 28.9. The van der Waals surface area contributed by atoms with E-state index in [1.807, 2.05) is 47.2 Å². The number of fused-ring (bicyclic) bond motifs is 2. The van der Waals surface area contributed by atoms with Crippen LogP contribution in [0.25, 0.3) is 10.9 Å². The van der Waals surface area contributed by atoms with Crippen molar-refractivity contribution in [1.29, 1.82) is 0 Å². The van der Waals surface area contributed by atoms with Gasteiger partial charge in [-0.15, -0.1) is 23.1 Å². The molecule has 0 radical (unpaired) electrons. The van der Waals surface area contributed by atoms with Gasteiger partial charge in [0.2, 0.25) is 5.52 Å². The molecular formula is C28H23N6O8S2+. The van der Waals surface area contributed by atoms with Gasteiger partial charge in [-0.3, -0.25) is 14.5 Å². The molecular weight excluding hydrogens is 612 g/mol. The number of hydrogen-bond acceptors (Lipinski definition) is 11. The average Bonchev–Trinajstić information content (AvgIpc) is 3.70. The molecule has 0 bridgehead atoms. The number of nitrogen functional groups attached to an aromatic ring is 1. The number of nitrogens with zero attached hydrogens (tertiary/aromatic N) is 4. The van der Waals surface area contributed by atoms with Gasteiger partial charge in [0.25, 0.3) is 17.9 Å². The fourth-order valence-corrected chi connectivity index (χ4v) is 6.83. The van der Waals surface area contributed by atoms with Crippen LogP contribution in [0.2, 0.25) is 0 Å². The zero-order chi connectivity index (χ0) is 31.0. The predicted molar refractivity (Wildman–Crippen MR) is 157 cm³/mol. The summed E-state index contributed by atoms with van der Waals surface area (Å²) in [6.45, 7) is 0.253. The van der Waals surface area contributed by atoms with Crippen molar-refractivity contribution >= 4 is 68.6 Å². The van der Waals surface area contributed by atoms with E-state index in [0.717, 1.165) is 22.2 Å². The molecule has 0 spiro atoms. The van der Waals surface area contributed by atoms with Crippen molar-refractivity contribution in [2.75, 3.05) is 11.5 Å². The number of carboxylic acids is 2. The van der Waals surface area contributed by atoms with Gasteiger partial charge in [0.1, 0.15) is 22.8 Å². The molecule has 0 aliphatic carbocycles. The van der Waals surface area contributed by atoms with Gasteiger partial charge in [0, 0.05) is 34.2 Å². The number of para-hydroxylation sites is 1. The summed E-state index contributed by atoms with van der Waals surface area (Å²) in [4.78, 5) is 61.3. The number of aliphatic carboxylic acids is 2. The summed E-state index contributed by atoms with van der Waals surface area (Å²) in [5.41, 5.74) is 6.63. The highest BCUT2D eigenvalue weighted by atomic mass is 32.2. The van der Waals surface area contributed by atoms with E-state index < -0.39 is 47.0 Å². The minimum Gasteiger partial charge on any atom is -0.478 e. The number of thioether (sulfide) groups is 1. The maximum Gasteiger partial charge on any atom is 0.355 e. The Morgan fingerprint density at radius 1 is 1.20 bits per heavy atom. The maximum absolute atomic E-state index is 13.4. The number of β-lactam (4-membered cyclic amide) rings is 1. The Labute approximate surface area is 256 Å². The number of aromatic nitrogens is 2.